The van der Waals surface area contributed by atoms with E-state index in [0.29, 0.717) is 5.88 Å². The van der Waals surface area contributed by atoms with Crippen molar-refractivity contribution in [3.05, 3.63) is 5.82 Å². The Morgan fingerprint density at radius 2 is 2.33 bits per heavy atom. The van der Waals surface area contributed by atoms with Crippen LogP contribution in [0.1, 0.15) is 32.1 Å². The Hall–Kier alpha value is -0.680. The minimum Gasteiger partial charge on any atom is -0.381 e. The molecule has 1 aliphatic rings. The van der Waals surface area contributed by atoms with E-state index in [-0.39, 0.29) is 17.6 Å². The second-order valence-corrected chi connectivity index (χ2v) is 4.74. The fraction of sp³-hybridized carbons (Fsp3) is 0.889. The van der Waals surface area contributed by atoms with Crippen LogP contribution < -0.4 is 0 Å². The molecule has 1 fully saturated rings. The van der Waals surface area contributed by atoms with Gasteiger partial charge in [-0.1, -0.05) is 13.8 Å². The molecular weight excluding hydrogens is 216 g/mol. The van der Waals surface area contributed by atoms with E-state index in [1.807, 2.05) is 4.68 Å². The number of rotatable bonds is 3. The highest BCUT2D eigenvalue weighted by Crippen LogP contribution is 2.50. The zero-order valence-corrected chi connectivity index (χ0v) is 9.90. The predicted octanol–water partition coefficient (Wildman–Crippen LogP) is 1.40. The van der Waals surface area contributed by atoms with Gasteiger partial charge in [0.2, 0.25) is 0 Å². The van der Waals surface area contributed by atoms with Crippen LogP contribution in [0.3, 0.4) is 0 Å². The Kier molecular flexibility index (Phi) is 2.68. The second kappa shape index (κ2) is 3.72. The maximum Gasteiger partial charge on any atom is 0.166 e. The lowest BCUT2D eigenvalue weighted by atomic mass is 9.64. The van der Waals surface area contributed by atoms with Gasteiger partial charge < -0.3 is 4.74 Å². The molecule has 2 atom stereocenters. The van der Waals surface area contributed by atoms with E-state index in [9.17, 15) is 0 Å². The van der Waals surface area contributed by atoms with Gasteiger partial charge in [0, 0.05) is 12.5 Å². The summed E-state index contributed by atoms with van der Waals surface area (Å²) in [6.45, 7) is 4.32. The second-order valence-electron chi connectivity index (χ2n) is 4.47. The molecule has 0 N–H and O–H groups in total. The van der Waals surface area contributed by atoms with Crippen LogP contribution in [0.5, 0.6) is 0 Å². The van der Waals surface area contributed by atoms with Crippen molar-refractivity contribution >= 4 is 11.6 Å². The summed E-state index contributed by atoms with van der Waals surface area (Å²) >= 11 is 5.77. The van der Waals surface area contributed by atoms with Crippen molar-refractivity contribution in [1.29, 1.82) is 0 Å². The molecule has 15 heavy (non-hydrogen) atoms. The Morgan fingerprint density at radius 1 is 1.60 bits per heavy atom. The molecule has 2 unspecified atom stereocenters. The average Bonchev–Trinajstić information content (AvgIpc) is 2.64. The first kappa shape index (κ1) is 10.8. The number of methoxy groups -OCH3 is 1. The van der Waals surface area contributed by atoms with E-state index in [1.54, 1.807) is 7.11 Å². The summed E-state index contributed by atoms with van der Waals surface area (Å²) < 4.78 is 7.21. The largest absolute Gasteiger partial charge is 0.381 e. The minimum atomic E-state index is 0.0605. The van der Waals surface area contributed by atoms with Crippen LogP contribution in [0.4, 0.5) is 0 Å². The van der Waals surface area contributed by atoms with Gasteiger partial charge in [-0.2, -0.15) is 0 Å². The first-order valence-corrected chi connectivity index (χ1v) is 5.50. The highest BCUT2D eigenvalue weighted by molar-refractivity contribution is 6.16. The highest BCUT2D eigenvalue weighted by Gasteiger charge is 2.50. The van der Waals surface area contributed by atoms with Crippen LogP contribution in [0.25, 0.3) is 0 Å². The first-order chi connectivity index (χ1) is 7.11. The van der Waals surface area contributed by atoms with Gasteiger partial charge in [-0.3, -0.25) is 0 Å². The Bertz CT molecular complexity index is 352. The minimum absolute atomic E-state index is 0.0605. The van der Waals surface area contributed by atoms with Gasteiger partial charge in [-0.15, -0.1) is 16.7 Å². The predicted molar refractivity (Wildman–Crippen MR) is 55.6 cm³/mol. The molecule has 1 aliphatic carbocycles. The first-order valence-electron chi connectivity index (χ1n) is 4.96. The van der Waals surface area contributed by atoms with Crippen LogP contribution in [0, 0.1) is 5.41 Å². The summed E-state index contributed by atoms with van der Waals surface area (Å²) in [5.41, 5.74) is 0.0605. The van der Waals surface area contributed by atoms with Crippen molar-refractivity contribution in [1.82, 2.24) is 20.2 Å². The van der Waals surface area contributed by atoms with Crippen LogP contribution >= 0.6 is 11.6 Å². The van der Waals surface area contributed by atoms with Crippen molar-refractivity contribution in [2.75, 3.05) is 7.11 Å². The van der Waals surface area contributed by atoms with E-state index in [0.717, 1.165) is 12.2 Å². The van der Waals surface area contributed by atoms with Gasteiger partial charge >= 0.3 is 0 Å². The summed E-state index contributed by atoms with van der Waals surface area (Å²) in [6, 6.07) is 0.284. The Balaban J connectivity index is 2.21. The number of ether oxygens (including phenoxy) is 1. The number of halogens is 1. The molecule has 84 valence electrons. The molecule has 6 heteroatoms. The van der Waals surface area contributed by atoms with Gasteiger partial charge in [-0.05, 0) is 16.8 Å². The fourth-order valence-electron chi connectivity index (χ4n) is 2.22. The lowest BCUT2D eigenvalue weighted by Crippen LogP contribution is -2.51. The molecule has 0 bridgehead atoms. The lowest BCUT2D eigenvalue weighted by molar-refractivity contribution is -0.117. The number of hydrogen-bond acceptors (Lipinski definition) is 4. The molecule has 1 heterocycles. The molecule has 1 aromatic rings. The lowest BCUT2D eigenvalue weighted by Gasteiger charge is -2.50. The third-order valence-corrected chi connectivity index (χ3v) is 3.63. The van der Waals surface area contributed by atoms with E-state index >= 15 is 0 Å². The molecule has 2 rings (SSSR count). The molecule has 0 amide bonds. The number of tetrazole rings is 1. The van der Waals surface area contributed by atoms with Crippen LogP contribution in [0.2, 0.25) is 0 Å². The summed E-state index contributed by atoms with van der Waals surface area (Å²) in [5.74, 6) is 1.07. The molecule has 5 nitrogen and oxygen atoms in total. The maximum atomic E-state index is 5.77. The van der Waals surface area contributed by atoms with Crippen molar-refractivity contribution in [2.24, 2.45) is 5.41 Å². The smallest absolute Gasteiger partial charge is 0.166 e. The Labute approximate surface area is 93.7 Å². The zero-order valence-electron chi connectivity index (χ0n) is 9.14. The summed E-state index contributed by atoms with van der Waals surface area (Å²) in [5, 5.41) is 11.5. The van der Waals surface area contributed by atoms with Crippen LogP contribution in [-0.4, -0.2) is 33.4 Å². The number of nitrogens with zero attached hydrogens (tertiary/aromatic N) is 4. The summed E-state index contributed by atoms with van der Waals surface area (Å²) in [4.78, 5) is 0. The summed E-state index contributed by atoms with van der Waals surface area (Å²) in [7, 11) is 1.74. The maximum absolute atomic E-state index is 5.77. The molecule has 0 radical (unpaired) electrons. The Morgan fingerprint density at radius 3 is 2.87 bits per heavy atom. The van der Waals surface area contributed by atoms with Gasteiger partial charge in [-0.25, -0.2) is 4.68 Å². The number of hydrogen-bond donors (Lipinski definition) is 0. The van der Waals surface area contributed by atoms with Crippen LogP contribution in [0.15, 0.2) is 0 Å². The highest BCUT2D eigenvalue weighted by atomic mass is 35.5. The third kappa shape index (κ3) is 1.54. The SMILES string of the molecule is COC1CC(n2nnnc2CCl)C1(C)C. The monoisotopic (exact) mass is 230 g/mol. The third-order valence-electron chi connectivity index (χ3n) is 3.39. The molecule has 1 saturated carbocycles. The standard InChI is InChI=1S/C9H15ClN4O/c1-9(2)6(4-7(9)15-3)14-8(5-10)11-12-13-14/h6-7H,4-5H2,1-3H3. The molecule has 0 aromatic carbocycles. The van der Waals surface area contributed by atoms with Crippen molar-refractivity contribution in [3.8, 4) is 0 Å². The zero-order chi connectivity index (χ0) is 11.1. The van der Waals surface area contributed by atoms with E-state index < -0.39 is 0 Å². The molecule has 0 aliphatic heterocycles. The number of aromatic nitrogens is 4. The molecule has 1 aromatic heterocycles. The van der Waals surface area contributed by atoms with Crippen molar-refractivity contribution < 1.29 is 4.74 Å². The van der Waals surface area contributed by atoms with E-state index in [1.165, 1.54) is 0 Å². The van der Waals surface area contributed by atoms with Crippen molar-refractivity contribution in [2.45, 2.75) is 38.3 Å². The van der Waals surface area contributed by atoms with Crippen molar-refractivity contribution in [3.63, 3.8) is 0 Å². The van der Waals surface area contributed by atoms with E-state index in [2.05, 4.69) is 29.4 Å². The molecular formula is C9H15ClN4O. The van der Waals surface area contributed by atoms with Gasteiger partial charge in [0.25, 0.3) is 0 Å². The average molecular weight is 231 g/mol. The quantitative estimate of drug-likeness (QED) is 0.737. The molecule has 0 spiro atoms. The van der Waals surface area contributed by atoms with Crippen LogP contribution in [-0.2, 0) is 10.6 Å². The number of alkyl halides is 1. The van der Waals surface area contributed by atoms with Gasteiger partial charge in [0.05, 0.1) is 18.0 Å². The normalized spacial score (nSPS) is 28.8. The fourth-order valence-corrected chi connectivity index (χ4v) is 2.40. The topological polar surface area (TPSA) is 52.8 Å². The van der Waals surface area contributed by atoms with Gasteiger partial charge in [0.1, 0.15) is 0 Å². The van der Waals surface area contributed by atoms with Gasteiger partial charge in [0.15, 0.2) is 5.82 Å². The molecule has 0 saturated heterocycles. The summed E-state index contributed by atoms with van der Waals surface area (Å²) in [6.07, 6.45) is 1.22. The van der Waals surface area contributed by atoms with E-state index in [4.69, 9.17) is 16.3 Å².